The summed E-state index contributed by atoms with van der Waals surface area (Å²) in [5.41, 5.74) is 3.26. The van der Waals surface area contributed by atoms with E-state index < -0.39 is 0 Å². The van der Waals surface area contributed by atoms with Crippen LogP contribution in [0.1, 0.15) is 88.2 Å². The number of fused-ring (bicyclic) bond motifs is 2. The molecule has 0 nitrogen and oxygen atoms in total. The van der Waals surface area contributed by atoms with Crippen molar-refractivity contribution >= 4 is 6.71 Å². The van der Waals surface area contributed by atoms with Gasteiger partial charge in [-0.25, -0.2) is 0 Å². The quantitative estimate of drug-likeness (QED) is 0.405. The minimum Gasteiger partial charge on any atom is -0.0856 e. The van der Waals surface area contributed by atoms with E-state index in [4.69, 9.17) is 0 Å². The molecule has 2 aromatic carbocycles. The largest absolute Gasteiger partial charge is 0.144 e. The highest BCUT2D eigenvalue weighted by Gasteiger charge is 2.55. The Balaban J connectivity index is 1.24. The van der Waals surface area contributed by atoms with E-state index in [1.54, 1.807) is 11.1 Å². The van der Waals surface area contributed by atoms with Crippen LogP contribution in [-0.2, 0) is 0 Å². The van der Waals surface area contributed by atoms with Crippen molar-refractivity contribution in [1.82, 2.24) is 0 Å². The summed E-state index contributed by atoms with van der Waals surface area (Å²) in [6.07, 6.45) is 11.7. The van der Waals surface area contributed by atoms with Gasteiger partial charge in [-0.2, -0.15) is 0 Å². The molecular formula is C33H45B. The third kappa shape index (κ3) is 3.90. The van der Waals surface area contributed by atoms with Gasteiger partial charge >= 0.3 is 0 Å². The fourth-order valence-corrected chi connectivity index (χ4v) is 10.6. The molecular weight excluding hydrogens is 407 g/mol. The number of rotatable bonds is 4. The van der Waals surface area contributed by atoms with E-state index >= 15 is 0 Å². The summed E-state index contributed by atoms with van der Waals surface area (Å²) in [5, 5.41) is 0. The topological polar surface area (TPSA) is 0 Å². The van der Waals surface area contributed by atoms with Gasteiger partial charge in [0.2, 0.25) is 0 Å². The minimum atomic E-state index is 0.811. The van der Waals surface area contributed by atoms with Crippen LogP contribution in [0, 0.1) is 35.5 Å². The summed E-state index contributed by atoms with van der Waals surface area (Å²) in [7, 11) is 0. The molecule has 4 aliphatic carbocycles. The van der Waals surface area contributed by atoms with Crippen LogP contribution < -0.4 is 0 Å². The second-order valence-corrected chi connectivity index (χ2v) is 13.0. The number of benzene rings is 2. The molecule has 0 spiro atoms. The van der Waals surface area contributed by atoms with E-state index in [0.717, 1.165) is 65.7 Å². The zero-order valence-electron chi connectivity index (χ0n) is 21.8. The molecule has 4 aliphatic rings. The molecule has 0 heterocycles. The maximum atomic E-state index is 2.71. The van der Waals surface area contributed by atoms with Crippen molar-refractivity contribution in [2.24, 2.45) is 35.5 Å². The molecule has 4 saturated carbocycles. The highest BCUT2D eigenvalue weighted by molar-refractivity contribution is 6.61. The van der Waals surface area contributed by atoms with Gasteiger partial charge in [-0.3, -0.25) is 0 Å². The Morgan fingerprint density at radius 1 is 0.559 bits per heavy atom. The van der Waals surface area contributed by atoms with Crippen LogP contribution in [0.3, 0.4) is 0 Å². The first kappa shape index (κ1) is 22.9. The monoisotopic (exact) mass is 452 g/mol. The first-order valence-electron chi connectivity index (χ1n) is 14.7. The smallest absolute Gasteiger partial charge is 0.0856 e. The van der Waals surface area contributed by atoms with Gasteiger partial charge in [-0.1, -0.05) is 119 Å². The number of hydrogen-bond donors (Lipinski definition) is 0. The molecule has 2 aromatic rings. The van der Waals surface area contributed by atoms with Crippen molar-refractivity contribution in [2.75, 3.05) is 0 Å². The van der Waals surface area contributed by atoms with Gasteiger partial charge in [0, 0.05) is 0 Å². The third-order valence-corrected chi connectivity index (χ3v) is 11.5. The summed E-state index contributed by atoms with van der Waals surface area (Å²) in [6, 6.07) is 23.1. The van der Waals surface area contributed by atoms with Crippen molar-refractivity contribution in [3.8, 4) is 0 Å². The van der Waals surface area contributed by atoms with E-state index in [1.165, 1.54) is 51.4 Å². The molecule has 0 aliphatic heterocycles. The van der Waals surface area contributed by atoms with Crippen LogP contribution in [0.4, 0.5) is 0 Å². The van der Waals surface area contributed by atoms with Crippen molar-refractivity contribution in [3.63, 3.8) is 0 Å². The lowest BCUT2D eigenvalue weighted by molar-refractivity contribution is 0.228. The van der Waals surface area contributed by atoms with Crippen molar-refractivity contribution < 1.29 is 0 Å². The highest BCUT2D eigenvalue weighted by Crippen LogP contribution is 2.64. The van der Waals surface area contributed by atoms with Crippen LogP contribution in [0.25, 0.3) is 0 Å². The predicted octanol–water partition coefficient (Wildman–Crippen LogP) is 9.33. The SMILES string of the molecule is CB(C1C2CCCC(c3ccccc3)C2C[C@H]1C)C1C2CCCC(c3ccccc3)C2C[C@H]1C. The molecule has 180 valence electrons. The zero-order valence-corrected chi connectivity index (χ0v) is 21.8. The first-order valence-corrected chi connectivity index (χ1v) is 14.7. The average molecular weight is 453 g/mol. The summed E-state index contributed by atoms with van der Waals surface area (Å²) >= 11 is 0. The molecule has 0 amide bonds. The molecule has 0 bridgehead atoms. The standard InChI is InChI=1S/C33H45B/c1-22-20-30-26(24-12-6-4-7-13-24)16-10-18-28(30)32(22)34(3)33-23(2)21-31-27(17-11-19-29(31)33)25-14-8-5-9-15-25/h4-9,12-15,22-23,26-33H,10-11,16-21H2,1-3H3/t22-,23-,26?,27?,28?,29?,30?,31?,32?,33?/m1/s1. The average Bonchev–Trinajstić information content (AvgIpc) is 3.39. The Labute approximate surface area is 209 Å². The Kier molecular flexibility index (Phi) is 6.42. The van der Waals surface area contributed by atoms with E-state index in [9.17, 15) is 0 Å². The molecule has 6 rings (SSSR count). The van der Waals surface area contributed by atoms with Crippen molar-refractivity contribution in [1.29, 1.82) is 0 Å². The Morgan fingerprint density at radius 2 is 0.971 bits per heavy atom. The van der Waals surface area contributed by atoms with Gasteiger partial charge < -0.3 is 0 Å². The fraction of sp³-hybridized carbons (Fsp3) is 0.636. The zero-order chi connectivity index (χ0) is 23.2. The second-order valence-electron chi connectivity index (χ2n) is 13.0. The van der Waals surface area contributed by atoms with Gasteiger partial charge in [0.25, 0.3) is 0 Å². The molecule has 1 heteroatoms. The molecule has 10 atom stereocenters. The summed E-state index contributed by atoms with van der Waals surface area (Å²) in [4.78, 5) is 0. The Bertz CT molecular complexity index is 860. The molecule has 8 unspecified atom stereocenters. The van der Waals surface area contributed by atoms with Crippen molar-refractivity contribution in [2.45, 2.75) is 95.5 Å². The van der Waals surface area contributed by atoms with E-state index in [2.05, 4.69) is 81.3 Å². The lowest BCUT2D eigenvalue weighted by atomic mass is 9.29. The van der Waals surface area contributed by atoms with E-state index in [-0.39, 0.29) is 0 Å². The lowest BCUT2D eigenvalue weighted by Gasteiger charge is -2.42. The van der Waals surface area contributed by atoms with Crippen LogP contribution in [0.5, 0.6) is 0 Å². The maximum Gasteiger partial charge on any atom is 0.144 e. The normalized spacial score (nSPS) is 41.6. The van der Waals surface area contributed by atoms with E-state index in [0.29, 0.717) is 0 Å². The molecule has 34 heavy (non-hydrogen) atoms. The van der Waals surface area contributed by atoms with Gasteiger partial charge in [0.1, 0.15) is 6.71 Å². The van der Waals surface area contributed by atoms with E-state index in [1.807, 2.05) is 0 Å². The minimum absolute atomic E-state index is 0.811. The van der Waals surface area contributed by atoms with Crippen LogP contribution >= 0.6 is 0 Å². The Morgan fingerprint density at radius 3 is 1.38 bits per heavy atom. The van der Waals surface area contributed by atoms with Crippen LogP contribution in [0.15, 0.2) is 60.7 Å². The van der Waals surface area contributed by atoms with Gasteiger partial charge in [0.05, 0.1) is 0 Å². The highest BCUT2D eigenvalue weighted by atomic mass is 14.5. The fourth-order valence-electron chi connectivity index (χ4n) is 10.6. The first-order chi connectivity index (χ1) is 16.6. The molecule has 4 fully saturated rings. The molecule has 0 radical (unpaired) electrons. The molecule has 0 saturated heterocycles. The maximum absolute atomic E-state index is 2.71. The van der Waals surface area contributed by atoms with Crippen LogP contribution in [0.2, 0.25) is 18.5 Å². The van der Waals surface area contributed by atoms with Crippen molar-refractivity contribution in [3.05, 3.63) is 71.8 Å². The third-order valence-electron chi connectivity index (χ3n) is 11.5. The molecule has 0 aromatic heterocycles. The number of hydrogen-bond acceptors (Lipinski definition) is 0. The molecule has 0 N–H and O–H groups in total. The second kappa shape index (κ2) is 9.52. The summed E-state index contributed by atoms with van der Waals surface area (Å²) < 4.78 is 0. The van der Waals surface area contributed by atoms with Gasteiger partial charge in [-0.15, -0.1) is 0 Å². The Hall–Kier alpha value is -1.50. The summed E-state index contributed by atoms with van der Waals surface area (Å²) in [6.45, 7) is 8.86. The lowest BCUT2D eigenvalue weighted by Crippen LogP contribution is -2.37. The van der Waals surface area contributed by atoms with Crippen LogP contribution in [-0.4, -0.2) is 6.71 Å². The summed E-state index contributed by atoms with van der Waals surface area (Å²) in [5.74, 6) is 9.08. The predicted molar refractivity (Wildman–Crippen MR) is 147 cm³/mol. The van der Waals surface area contributed by atoms with Gasteiger partial charge in [0.15, 0.2) is 0 Å². The van der Waals surface area contributed by atoms with Gasteiger partial charge in [-0.05, 0) is 84.2 Å².